The van der Waals surface area contributed by atoms with Gasteiger partial charge in [0.15, 0.2) is 11.5 Å². The lowest BCUT2D eigenvalue weighted by Gasteiger charge is -2.09. The second kappa shape index (κ2) is 7.22. The molecule has 0 aliphatic rings. The van der Waals surface area contributed by atoms with E-state index in [1.807, 2.05) is 0 Å². The van der Waals surface area contributed by atoms with Gasteiger partial charge in [-0.15, -0.1) is 0 Å². The molecule has 0 saturated carbocycles. The third kappa shape index (κ3) is 3.21. The molecule has 0 amide bonds. The van der Waals surface area contributed by atoms with Gasteiger partial charge in [0.1, 0.15) is 11.4 Å². The average molecular weight is 356 g/mol. The molecule has 2 aromatic heterocycles. The van der Waals surface area contributed by atoms with Crippen molar-refractivity contribution < 1.29 is 23.4 Å². The van der Waals surface area contributed by atoms with E-state index < -0.39 is 11.6 Å². The molecule has 8 heteroatoms. The Labute approximate surface area is 148 Å². The summed E-state index contributed by atoms with van der Waals surface area (Å²) in [6.45, 7) is 1.93. The maximum atomic E-state index is 12.3. The summed E-state index contributed by atoms with van der Waals surface area (Å²) >= 11 is 0. The summed E-state index contributed by atoms with van der Waals surface area (Å²) in [5, 5.41) is 0.243. The van der Waals surface area contributed by atoms with Crippen LogP contribution in [-0.2, 0) is 4.74 Å². The lowest BCUT2D eigenvalue weighted by Crippen LogP contribution is -2.08. The summed E-state index contributed by atoms with van der Waals surface area (Å²) in [5.41, 5.74) is 0.0945. The third-order valence-corrected chi connectivity index (χ3v) is 3.59. The van der Waals surface area contributed by atoms with Crippen molar-refractivity contribution in [3.05, 3.63) is 46.4 Å². The first-order valence-corrected chi connectivity index (χ1v) is 7.78. The molecule has 0 spiro atoms. The number of esters is 1. The number of benzene rings is 1. The molecule has 0 bridgehead atoms. The van der Waals surface area contributed by atoms with E-state index in [-0.39, 0.29) is 29.3 Å². The van der Waals surface area contributed by atoms with Gasteiger partial charge >= 0.3 is 11.6 Å². The number of aromatic nitrogens is 2. The van der Waals surface area contributed by atoms with Crippen LogP contribution in [0.1, 0.15) is 17.4 Å². The van der Waals surface area contributed by atoms with Crippen LogP contribution in [0.4, 0.5) is 0 Å². The van der Waals surface area contributed by atoms with Crippen molar-refractivity contribution in [1.29, 1.82) is 0 Å². The molecule has 1 aromatic carbocycles. The maximum Gasteiger partial charge on any atom is 0.356 e. The number of rotatable bonds is 5. The molecule has 0 fully saturated rings. The van der Waals surface area contributed by atoms with Gasteiger partial charge in [0.25, 0.3) is 0 Å². The minimum Gasteiger partial charge on any atom is -0.493 e. The van der Waals surface area contributed by atoms with Crippen molar-refractivity contribution in [1.82, 2.24) is 9.97 Å². The van der Waals surface area contributed by atoms with E-state index in [1.54, 1.807) is 25.1 Å². The molecule has 0 N–H and O–H groups in total. The minimum absolute atomic E-state index is 0.0131. The largest absolute Gasteiger partial charge is 0.493 e. The number of hydrogen-bond acceptors (Lipinski definition) is 8. The van der Waals surface area contributed by atoms with Crippen molar-refractivity contribution in [3.63, 3.8) is 0 Å². The summed E-state index contributed by atoms with van der Waals surface area (Å²) < 4.78 is 20.6. The fourth-order valence-corrected chi connectivity index (χ4v) is 2.38. The number of nitrogens with zero attached hydrogens (tertiary/aromatic N) is 2. The van der Waals surface area contributed by atoms with E-state index in [2.05, 4.69) is 9.97 Å². The summed E-state index contributed by atoms with van der Waals surface area (Å²) in [4.78, 5) is 32.7. The topological polar surface area (TPSA) is 101 Å². The zero-order valence-corrected chi connectivity index (χ0v) is 14.4. The predicted molar refractivity (Wildman–Crippen MR) is 92.6 cm³/mol. The van der Waals surface area contributed by atoms with Crippen molar-refractivity contribution in [3.8, 4) is 23.1 Å². The molecule has 2 heterocycles. The number of hydrogen-bond donors (Lipinski definition) is 0. The number of fused-ring (bicyclic) bond motifs is 1. The third-order valence-electron chi connectivity index (χ3n) is 3.59. The van der Waals surface area contributed by atoms with E-state index in [0.717, 1.165) is 0 Å². The highest BCUT2D eigenvalue weighted by molar-refractivity contribution is 5.88. The van der Waals surface area contributed by atoms with Crippen LogP contribution in [0.5, 0.6) is 11.5 Å². The zero-order valence-electron chi connectivity index (χ0n) is 14.4. The Morgan fingerprint density at radius 2 is 1.85 bits per heavy atom. The smallest absolute Gasteiger partial charge is 0.356 e. The van der Waals surface area contributed by atoms with Crippen molar-refractivity contribution in [2.24, 2.45) is 0 Å². The van der Waals surface area contributed by atoms with Crippen molar-refractivity contribution in [2.45, 2.75) is 6.92 Å². The average Bonchev–Trinajstić information content (AvgIpc) is 2.67. The van der Waals surface area contributed by atoms with E-state index in [1.165, 1.54) is 26.4 Å². The Morgan fingerprint density at radius 1 is 1.12 bits per heavy atom. The highest BCUT2D eigenvalue weighted by Crippen LogP contribution is 2.30. The van der Waals surface area contributed by atoms with Gasteiger partial charge in [-0.1, -0.05) is 6.07 Å². The maximum absolute atomic E-state index is 12.3. The second-order valence-corrected chi connectivity index (χ2v) is 5.16. The Bertz CT molecular complexity index is 1030. The lowest BCUT2D eigenvalue weighted by molar-refractivity contribution is 0.0519. The van der Waals surface area contributed by atoms with E-state index in [9.17, 15) is 9.59 Å². The number of methoxy groups -OCH3 is 2. The molecule has 8 nitrogen and oxygen atoms in total. The van der Waals surface area contributed by atoms with Gasteiger partial charge in [-0.05, 0) is 19.1 Å². The van der Waals surface area contributed by atoms with Crippen LogP contribution in [0.25, 0.3) is 22.5 Å². The van der Waals surface area contributed by atoms with Crippen LogP contribution in [0.3, 0.4) is 0 Å². The van der Waals surface area contributed by atoms with Gasteiger partial charge in [0.2, 0.25) is 5.89 Å². The van der Waals surface area contributed by atoms with E-state index >= 15 is 0 Å². The van der Waals surface area contributed by atoms with Crippen LogP contribution in [-0.4, -0.2) is 36.8 Å². The first kappa shape index (κ1) is 17.4. The molecule has 0 saturated heterocycles. The number of carbonyl (C=O) groups excluding carboxylic acids is 1. The second-order valence-electron chi connectivity index (χ2n) is 5.16. The molecule has 3 rings (SSSR count). The highest BCUT2D eigenvalue weighted by atomic mass is 16.5. The van der Waals surface area contributed by atoms with Crippen LogP contribution in [0.2, 0.25) is 0 Å². The Balaban J connectivity index is 2.13. The quantitative estimate of drug-likeness (QED) is 0.643. The SMILES string of the molecule is CCOC(=O)c1cccc(-c2nc3cc(OC)c(OC)cc3c(=O)o2)n1. The van der Waals surface area contributed by atoms with E-state index in [4.69, 9.17) is 18.6 Å². The highest BCUT2D eigenvalue weighted by Gasteiger charge is 2.16. The van der Waals surface area contributed by atoms with Gasteiger partial charge in [-0.3, -0.25) is 0 Å². The summed E-state index contributed by atoms with van der Waals surface area (Å²) in [6.07, 6.45) is 0. The summed E-state index contributed by atoms with van der Waals surface area (Å²) in [5.74, 6) is 0.242. The van der Waals surface area contributed by atoms with Crippen LogP contribution in [0, 0.1) is 0 Å². The van der Waals surface area contributed by atoms with Gasteiger partial charge in [-0.2, -0.15) is 0 Å². The summed E-state index contributed by atoms with van der Waals surface area (Å²) in [6, 6.07) is 7.77. The summed E-state index contributed by atoms with van der Waals surface area (Å²) in [7, 11) is 2.96. The van der Waals surface area contributed by atoms with Crippen LogP contribution < -0.4 is 15.1 Å². The lowest BCUT2D eigenvalue weighted by atomic mass is 10.2. The van der Waals surface area contributed by atoms with E-state index in [0.29, 0.717) is 17.0 Å². The minimum atomic E-state index is -0.603. The first-order chi connectivity index (χ1) is 12.6. The Kier molecular flexibility index (Phi) is 4.83. The molecule has 0 radical (unpaired) electrons. The molecular formula is C18H16N2O6. The number of carbonyl (C=O) groups is 1. The van der Waals surface area contributed by atoms with Crippen LogP contribution >= 0.6 is 0 Å². The molecule has 0 unspecified atom stereocenters. The van der Waals surface area contributed by atoms with Gasteiger partial charge in [-0.25, -0.2) is 19.6 Å². The molecule has 134 valence electrons. The molecular weight excluding hydrogens is 340 g/mol. The Hall–Kier alpha value is -3.42. The molecule has 0 atom stereocenters. The van der Waals surface area contributed by atoms with Crippen molar-refractivity contribution >= 4 is 16.9 Å². The standard InChI is InChI=1S/C18H16N2O6/c1-4-25-18(22)12-7-5-6-11(19-12)16-20-13-9-15(24-3)14(23-2)8-10(13)17(21)26-16/h5-9H,4H2,1-3H3. The normalized spacial score (nSPS) is 10.6. The number of pyridine rings is 1. The zero-order chi connectivity index (χ0) is 18.7. The molecule has 0 aliphatic carbocycles. The Morgan fingerprint density at radius 3 is 2.54 bits per heavy atom. The van der Waals surface area contributed by atoms with Crippen molar-refractivity contribution in [2.75, 3.05) is 20.8 Å². The van der Waals surface area contributed by atoms with Crippen LogP contribution in [0.15, 0.2) is 39.5 Å². The van der Waals surface area contributed by atoms with Gasteiger partial charge in [0, 0.05) is 12.1 Å². The fraction of sp³-hybridized carbons (Fsp3) is 0.222. The fourth-order valence-electron chi connectivity index (χ4n) is 2.38. The monoisotopic (exact) mass is 356 g/mol. The molecule has 3 aromatic rings. The predicted octanol–water partition coefficient (Wildman–Crippen LogP) is 2.44. The molecule has 26 heavy (non-hydrogen) atoms. The molecule has 0 aliphatic heterocycles. The van der Waals surface area contributed by atoms with Gasteiger partial charge in [0.05, 0.1) is 31.7 Å². The number of ether oxygens (including phenoxy) is 3. The van der Waals surface area contributed by atoms with Gasteiger partial charge < -0.3 is 18.6 Å². The first-order valence-electron chi connectivity index (χ1n) is 7.78.